The lowest BCUT2D eigenvalue weighted by atomic mass is 10.1. The molecule has 0 bridgehead atoms. The summed E-state index contributed by atoms with van der Waals surface area (Å²) in [5.41, 5.74) is 4.44. The maximum atomic E-state index is 10.2. The normalized spacial score (nSPS) is 16.1. The Hall–Kier alpha value is -2.56. The van der Waals surface area contributed by atoms with Crippen molar-refractivity contribution in [3.63, 3.8) is 0 Å². The standard InChI is InChI=1S/C15H16N4O/c1-16-15-18(2)13(14(20)19(15)3)8-10-9-17-12-7-5-4-6-11(10)12/h4-9,20H,1-3H3. The summed E-state index contributed by atoms with van der Waals surface area (Å²) < 4.78 is 3.52. The van der Waals surface area contributed by atoms with Crippen LogP contribution in [-0.2, 0) is 14.1 Å². The monoisotopic (exact) mass is 268 g/mol. The van der Waals surface area contributed by atoms with Crippen LogP contribution in [0.1, 0.15) is 11.3 Å². The van der Waals surface area contributed by atoms with E-state index in [-0.39, 0.29) is 5.88 Å². The molecule has 0 unspecified atom stereocenters. The van der Waals surface area contributed by atoms with Crippen LogP contribution in [0.5, 0.6) is 5.88 Å². The summed E-state index contributed by atoms with van der Waals surface area (Å²) in [6, 6.07) is 7.95. The second-order valence-corrected chi connectivity index (χ2v) is 4.73. The smallest absolute Gasteiger partial charge is 0.218 e. The summed E-state index contributed by atoms with van der Waals surface area (Å²) in [5.74, 6) is 0.193. The van der Waals surface area contributed by atoms with Crippen molar-refractivity contribution in [3.8, 4) is 5.88 Å². The van der Waals surface area contributed by atoms with Gasteiger partial charge >= 0.3 is 0 Å². The molecule has 1 aromatic carbocycles. The van der Waals surface area contributed by atoms with Crippen molar-refractivity contribution < 1.29 is 5.11 Å². The summed E-state index contributed by atoms with van der Waals surface area (Å²) in [4.78, 5) is 8.54. The molecular weight excluding hydrogens is 252 g/mol. The van der Waals surface area contributed by atoms with Gasteiger partial charge in [-0.15, -0.1) is 0 Å². The van der Waals surface area contributed by atoms with E-state index in [1.165, 1.54) is 0 Å². The molecular formula is C15H16N4O. The zero-order valence-electron chi connectivity index (χ0n) is 11.7. The Kier molecular flexibility index (Phi) is 2.82. The van der Waals surface area contributed by atoms with Crippen LogP contribution < -0.4 is 5.62 Å². The molecule has 1 aromatic heterocycles. The van der Waals surface area contributed by atoms with Crippen LogP contribution in [-0.4, -0.2) is 27.5 Å². The predicted octanol–water partition coefficient (Wildman–Crippen LogP) is 1.86. The lowest BCUT2D eigenvalue weighted by Gasteiger charge is -2.00. The first kappa shape index (κ1) is 12.5. The van der Waals surface area contributed by atoms with Crippen molar-refractivity contribution in [2.45, 2.75) is 0 Å². The SMILES string of the molecule is CN=c1n(C)c(O)c(C=C2C=Nc3ccccc32)n1C. The number of imidazole rings is 1. The van der Waals surface area contributed by atoms with E-state index in [4.69, 9.17) is 0 Å². The molecule has 5 nitrogen and oxygen atoms in total. The van der Waals surface area contributed by atoms with Crippen LogP contribution in [0, 0.1) is 0 Å². The molecule has 0 amide bonds. The molecule has 0 radical (unpaired) electrons. The van der Waals surface area contributed by atoms with Crippen LogP contribution >= 0.6 is 0 Å². The van der Waals surface area contributed by atoms with Crippen molar-refractivity contribution >= 4 is 23.6 Å². The van der Waals surface area contributed by atoms with Gasteiger partial charge in [0.1, 0.15) is 5.69 Å². The highest BCUT2D eigenvalue weighted by Crippen LogP contribution is 2.33. The Morgan fingerprint density at radius 3 is 2.65 bits per heavy atom. The molecule has 0 aliphatic carbocycles. The van der Waals surface area contributed by atoms with E-state index in [2.05, 4.69) is 9.98 Å². The minimum absolute atomic E-state index is 0.193. The zero-order chi connectivity index (χ0) is 14.3. The maximum Gasteiger partial charge on any atom is 0.218 e. The van der Waals surface area contributed by atoms with Gasteiger partial charge in [-0.2, -0.15) is 0 Å². The van der Waals surface area contributed by atoms with Crippen molar-refractivity contribution in [1.29, 1.82) is 0 Å². The number of para-hydroxylation sites is 1. The number of nitrogens with zero attached hydrogens (tertiary/aromatic N) is 4. The van der Waals surface area contributed by atoms with Crippen LogP contribution in [0.2, 0.25) is 0 Å². The quantitative estimate of drug-likeness (QED) is 0.843. The van der Waals surface area contributed by atoms with E-state index in [0.29, 0.717) is 11.3 Å². The van der Waals surface area contributed by atoms with E-state index in [9.17, 15) is 5.11 Å². The maximum absolute atomic E-state index is 10.2. The highest BCUT2D eigenvalue weighted by atomic mass is 16.3. The Morgan fingerprint density at radius 1 is 1.20 bits per heavy atom. The van der Waals surface area contributed by atoms with Gasteiger partial charge in [0, 0.05) is 38.5 Å². The van der Waals surface area contributed by atoms with Crippen molar-refractivity contribution in [2.75, 3.05) is 7.05 Å². The number of rotatable bonds is 1. The van der Waals surface area contributed by atoms with Gasteiger partial charge in [0.05, 0.1) is 5.69 Å². The average Bonchev–Trinajstić information content (AvgIpc) is 2.95. The number of fused-ring (bicyclic) bond motifs is 1. The first-order valence-corrected chi connectivity index (χ1v) is 6.36. The fourth-order valence-corrected chi connectivity index (χ4v) is 2.51. The topological polar surface area (TPSA) is 54.8 Å². The molecule has 1 aliphatic rings. The van der Waals surface area contributed by atoms with E-state index < -0.39 is 0 Å². The molecule has 0 saturated heterocycles. The number of aromatic hydroxyl groups is 1. The van der Waals surface area contributed by atoms with Crippen molar-refractivity contribution in [2.24, 2.45) is 24.1 Å². The number of hydrogen-bond acceptors (Lipinski definition) is 3. The number of aromatic nitrogens is 2. The summed E-state index contributed by atoms with van der Waals surface area (Å²) in [6.07, 6.45) is 3.75. The molecule has 2 aromatic rings. The fraction of sp³-hybridized carbons (Fsp3) is 0.200. The highest BCUT2D eigenvalue weighted by Gasteiger charge is 2.15. The molecule has 20 heavy (non-hydrogen) atoms. The van der Waals surface area contributed by atoms with Crippen LogP contribution in [0.25, 0.3) is 11.6 Å². The van der Waals surface area contributed by atoms with Gasteiger partial charge in [-0.1, -0.05) is 18.2 Å². The number of hydrogen-bond donors (Lipinski definition) is 1. The van der Waals surface area contributed by atoms with E-state index in [1.807, 2.05) is 48.2 Å². The van der Waals surface area contributed by atoms with Gasteiger partial charge in [-0.3, -0.25) is 14.6 Å². The van der Waals surface area contributed by atoms with Gasteiger partial charge in [-0.05, 0) is 12.1 Å². The molecule has 1 aliphatic heterocycles. The third-order valence-corrected chi connectivity index (χ3v) is 3.56. The van der Waals surface area contributed by atoms with Gasteiger partial charge < -0.3 is 9.67 Å². The van der Waals surface area contributed by atoms with Gasteiger partial charge in [0.15, 0.2) is 0 Å². The number of aliphatic imine (C=N–C) groups is 1. The van der Waals surface area contributed by atoms with Crippen LogP contribution in [0.3, 0.4) is 0 Å². The minimum atomic E-state index is 0.193. The largest absolute Gasteiger partial charge is 0.493 e. The van der Waals surface area contributed by atoms with E-state index >= 15 is 0 Å². The Morgan fingerprint density at radius 2 is 1.95 bits per heavy atom. The molecule has 0 spiro atoms. The van der Waals surface area contributed by atoms with Crippen LogP contribution in [0.4, 0.5) is 5.69 Å². The Labute approximate surface area is 116 Å². The summed E-state index contributed by atoms with van der Waals surface area (Å²) >= 11 is 0. The summed E-state index contributed by atoms with van der Waals surface area (Å²) in [6.45, 7) is 0. The lowest BCUT2D eigenvalue weighted by Crippen LogP contribution is -2.22. The molecule has 5 heteroatoms. The second-order valence-electron chi connectivity index (χ2n) is 4.73. The van der Waals surface area contributed by atoms with Gasteiger partial charge in [-0.25, -0.2) is 0 Å². The predicted molar refractivity (Wildman–Crippen MR) is 80.0 cm³/mol. The van der Waals surface area contributed by atoms with Crippen LogP contribution in [0.15, 0.2) is 34.3 Å². The second kappa shape index (κ2) is 4.52. The van der Waals surface area contributed by atoms with Gasteiger partial charge in [0.2, 0.25) is 11.5 Å². The molecule has 0 fully saturated rings. The molecule has 0 atom stereocenters. The third kappa shape index (κ3) is 1.71. The molecule has 1 N–H and O–H groups in total. The molecule has 0 saturated carbocycles. The average molecular weight is 268 g/mol. The first-order valence-electron chi connectivity index (χ1n) is 6.36. The minimum Gasteiger partial charge on any atom is -0.493 e. The molecule has 2 heterocycles. The molecule has 3 rings (SSSR count). The van der Waals surface area contributed by atoms with Crippen molar-refractivity contribution in [3.05, 3.63) is 41.1 Å². The first-order chi connectivity index (χ1) is 9.63. The van der Waals surface area contributed by atoms with E-state index in [1.54, 1.807) is 18.7 Å². The fourth-order valence-electron chi connectivity index (χ4n) is 2.51. The van der Waals surface area contributed by atoms with Gasteiger partial charge in [0.25, 0.3) is 0 Å². The number of allylic oxidation sites excluding steroid dienone is 1. The lowest BCUT2D eigenvalue weighted by molar-refractivity contribution is 0.427. The number of benzene rings is 1. The Bertz CT molecular complexity index is 806. The zero-order valence-corrected chi connectivity index (χ0v) is 11.7. The highest BCUT2D eigenvalue weighted by molar-refractivity contribution is 6.21. The third-order valence-electron chi connectivity index (χ3n) is 3.56. The Balaban J connectivity index is 2.19. The summed E-state index contributed by atoms with van der Waals surface area (Å²) in [7, 11) is 5.38. The van der Waals surface area contributed by atoms with Crippen molar-refractivity contribution in [1.82, 2.24) is 9.13 Å². The summed E-state index contributed by atoms with van der Waals surface area (Å²) in [5, 5.41) is 10.2. The van der Waals surface area contributed by atoms with E-state index in [0.717, 1.165) is 16.8 Å². The molecule has 102 valence electrons.